The Hall–Kier alpha value is -2.30. The molecule has 0 radical (unpaired) electrons. The van der Waals surface area contributed by atoms with Crippen molar-refractivity contribution in [1.82, 2.24) is 0 Å². The lowest BCUT2D eigenvalue weighted by atomic mass is 9.48. The fourth-order valence-electron chi connectivity index (χ4n) is 6.16. The molecule has 4 atom stereocenters. The van der Waals surface area contributed by atoms with E-state index in [0.717, 1.165) is 30.2 Å². The van der Waals surface area contributed by atoms with Crippen LogP contribution in [-0.2, 0) is 30.9 Å². The minimum absolute atomic E-state index is 0.149. The fraction of sp³-hybridized carbons (Fsp3) is 0.565. The lowest BCUT2D eigenvalue weighted by Gasteiger charge is -2.56. The molecule has 0 spiro atoms. The summed E-state index contributed by atoms with van der Waals surface area (Å²) in [5, 5.41) is 1.09. The Morgan fingerprint density at radius 3 is 2.68 bits per heavy atom. The molecule has 5 nitrogen and oxygen atoms in total. The number of ether oxygens (including phenoxy) is 2. The van der Waals surface area contributed by atoms with Crippen molar-refractivity contribution in [3.05, 3.63) is 35.1 Å². The predicted octanol–water partition coefficient (Wildman–Crippen LogP) is 4.47. The Morgan fingerprint density at radius 2 is 2.00 bits per heavy atom. The average molecular weight is 384 g/mol. The molecular formula is C23H28O5. The normalized spacial score (nSPS) is 31.8. The molecule has 0 bridgehead atoms. The van der Waals surface area contributed by atoms with Crippen molar-refractivity contribution in [3.63, 3.8) is 0 Å². The van der Waals surface area contributed by atoms with E-state index in [-0.39, 0.29) is 29.4 Å². The monoisotopic (exact) mass is 384 g/mol. The van der Waals surface area contributed by atoms with Crippen LogP contribution in [0.4, 0.5) is 0 Å². The highest BCUT2D eigenvalue weighted by Crippen LogP contribution is 2.59. The number of hydrogen-bond donors (Lipinski definition) is 0. The standard InChI is InChI=1S/C23H28O5/c1-13-15-7-10-27-18(15)12-17-16(13)11-19(28-14(2)24)20-22(17,3)8-6-9-23(20,4)21(25)26-5/h7,10,12,19-20H,6,8-9,11H2,1-5H3/t19-,20-,22-,23-/m1/s1. The molecule has 0 amide bonds. The number of carbonyl (C=O) groups is 2. The molecule has 1 heterocycles. The number of aryl methyl sites for hydroxylation is 1. The van der Waals surface area contributed by atoms with Crippen LogP contribution in [-0.4, -0.2) is 25.2 Å². The van der Waals surface area contributed by atoms with Crippen LogP contribution >= 0.6 is 0 Å². The number of furan rings is 1. The van der Waals surface area contributed by atoms with Gasteiger partial charge in [0.05, 0.1) is 18.8 Å². The molecule has 0 unspecified atom stereocenters. The maximum Gasteiger partial charge on any atom is 0.311 e. The van der Waals surface area contributed by atoms with E-state index < -0.39 is 5.41 Å². The first-order valence-corrected chi connectivity index (χ1v) is 9.98. The highest BCUT2D eigenvalue weighted by molar-refractivity contribution is 5.84. The lowest BCUT2D eigenvalue weighted by molar-refractivity contribution is -0.176. The van der Waals surface area contributed by atoms with Crippen LogP contribution in [0, 0.1) is 18.3 Å². The van der Waals surface area contributed by atoms with Crippen LogP contribution < -0.4 is 0 Å². The Morgan fingerprint density at radius 1 is 1.25 bits per heavy atom. The van der Waals surface area contributed by atoms with Gasteiger partial charge in [0.2, 0.25) is 0 Å². The van der Waals surface area contributed by atoms with Gasteiger partial charge in [0.15, 0.2) is 0 Å². The Kier molecular flexibility index (Phi) is 4.32. The third-order valence-electron chi connectivity index (χ3n) is 7.28. The molecule has 2 aromatic rings. The molecule has 4 rings (SSSR count). The molecular weight excluding hydrogens is 356 g/mol. The summed E-state index contributed by atoms with van der Waals surface area (Å²) < 4.78 is 16.8. The number of rotatable bonds is 2. The zero-order chi connectivity index (χ0) is 20.3. The number of benzene rings is 1. The second-order valence-corrected chi connectivity index (χ2v) is 8.87. The molecule has 0 saturated heterocycles. The largest absolute Gasteiger partial charge is 0.469 e. The SMILES string of the molecule is COC(=O)[C@]1(C)CCC[C@]2(C)c3cc4occc4c(C)c3C[C@@H](OC(C)=O)[C@@H]12. The van der Waals surface area contributed by atoms with Gasteiger partial charge >= 0.3 is 11.9 Å². The lowest BCUT2D eigenvalue weighted by Crippen LogP contribution is -2.59. The van der Waals surface area contributed by atoms with Crippen molar-refractivity contribution < 1.29 is 23.5 Å². The maximum atomic E-state index is 12.9. The number of carbonyl (C=O) groups excluding carboxylic acids is 2. The van der Waals surface area contributed by atoms with Crippen molar-refractivity contribution in [2.24, 2.45) is 11.3 Å². The van der Waals surface area contributed by atoms with Crippen LogP contribution in [0.3, 0.4) is 0 Å². The minimum Gasteiger partial charge on any atom is -0.469 e. The molecule has 1 fully saturated rings. The van der Waals surface area contributed by atoms with Gasteiger partial charge < -0.3 is 13.9 Å². The quantitative estimate of drug-likeness (QED) is 0.715. The van der Waals surface area contributed by atoms with E-state index in [9.17, 15) is 9.59 Å². The third kappa shape index (κ3) is 2.51. The Balaban J connectivity index is 1.97. The number of esters is 2. The molecule has 0 aliphatic heterocycles. The highest BCUT2D eigenvalue weighted by atomic mass is 16.5. The van der Waals surface area contributed by atoms with Crippen molar-refractivity contribution in [3.8, 4) is 0 Å². The second kappa shape index (κ2) is 6.36. The zero-order valence-electron chi connectivity index (χ0n) is 17.3. The van der Waals surface area contributed by atoms with Crippen LogP contribution in [0.25, 0.3) is 11.0 Å². The van der Waals surface area contributed by atoms with Gasteiger partial charge in [-0.25, -0.2) is 0 Å². The van der Waals surface area contributed by atoms with Crippen LogP contribution in [0.1, 0.15) is 56.7 Å². The van der Waals surface area contributed by atoms with Gasteiger partial charge in [-0.2, -0.15) is 0 Å². The third-order valence-corrected chi connectivity index (χ3v) is 7.28. The summed E-state index contributed by atoms with van der Waals surface area (Å²) in [6.07, 6.45) is 4.54. The topological polar surface area (TPSA) is 65.7 Å². The summed E-state index contributed by atoms with van der Waals surface area (Å²) in [6, 6.07) is 4.12. The van der Waals surface area contributed by atoms with E-state index in [1.807, 2.05) is 13.0 Å². The molecule has 5 heteroatoms. The first kappa shape index (κ1) is 19.0. The molecule has 1 saturated carbocycles. The summed E-state index contributed by atoms with van der Waals surface area (Å²) in [6.45, 7) is 7.73. The summed E-state index contributed by atoms with van der Waals surface area (Å²) in [7, 11) is 1.44. The van der Waals surface area contributed by atoms with Crippen LogP contribution in [0.5, 0.6) is 0 Å². The molecule has 2 aliphatic carbocycles. The molecule has 1 aromatic carbocycles. The van der Waals surface area contributed by atoms with E-state index in [1.54, 1.807) is 6.26 Å². The van der Waals surface area contributed by atoms with Gasteiger partial charge in [-0.05, 0) is 55.5 Å². The number of hydrogen-bond acceptors (Lipinski definition) is 5. The predicted molar refractivity (Wildman–Crippen MR) is 105 cm³/mol. The molecule has 2 aliphatic rings. The molecule has 150 valence electrons. The van der Waals surface area contributed by atoms with E-state index in [2.05, 4.69) is 19.9 Å². The molecule has 1 aromatic heterocycles. The minimum atomic E-state index is -0.703. The van der Waals surface area contributed by atoms with Gasteiger partial charge in [0.1, 0.15) is 11.7 Å². The number of fused-ring (bicyclic) bond motifs is 4. The van der Waals surface area contributed by atoms with Gasteiger partial charge in [0, 0.05) is 30.1 Å². The molecule has 28 heavy (non-hydrogen) atoms. The molecule has 0 N–H and O–H groups in total. The van der Waals surface area contributed by atoms with Crippen molar-refractivity contribution >= 4 is 22.9 Å². The number of methoxy groups -OCH3 is 1. The summed E-state index contributed by atoms with van der Waals surface area (Å²) >= 11 is 0. The van der Waals surface area contributed by atoms with Crippen LogP contribution in [0.15, 0.2) is 22.8 Å². The smallest absolute Gasteiger partial charge is 0.311 e. The average Bonchev–Trinajstić information content (AvgIpc) is 3.10. The van der Waals surface area contributed by atoms with Crippen molar-refractivity contribution in [2.45, 2.75) is 64.9 Å². The van der Waals surface area contributed by atoms with Crippen molar-refractivity contribution in [2.75, 3.05) is 7.11 Å². The van der Waals surface area contributed by atoms with E-state index in [0.29, 0.717) is 6.42 Å². The van der Waals surface area contributed by atoms with Gasteiger partial charge in [-0.1, -0.05) is 13.3 Å². The van der Waals surface area contributed by atoms with Gasteiger partial charge in [-0.3, -0.25) is 9.59 Å². The summed E-state index contributed by atoms with van der Waals surface area (Å²) in [4.78, 5) is 24.8. The highest BCUT2D eigenvalue weighted by Gasteiger charge is 2.60. The van der Waals surface area contributed by atoms with Crippen molar-refractivity contribution in [1.29, 1.82) is 0 Å². The van der Waals surface area contributed by atoms with E-state index >= 15 is 0 Å². The Bertz CT molecular complexity index is 957. The summed E-state index contributed by atoms with van der Waals surface area (Å²) in [5.41, 5.74) is 3.46. The van der Waals surface area contributed by atoms with Crippen LogP contribution in [0.2, 0.25) is 0 Å². The summed E-state index contributed by atoms with van der Waals surface area (Å²) in [5.74, 6) is -0.681. The van der Waals surface area contributed by atoms with Gasteiger partial charge in [-0.15, -0.1) is 0 Å². The fourth-order valence-corrected chi connectivity index (χ4v) is 6.16. The first-order chi connectivity index (χ1) is 13.2. The van der Waals surface area contributed by atoms with E-state index in [4.69, 9.17) is 13.9 Å². The second-order valence-electron chi connectivity index (χ2n) is 8.87. The van der Waals surface area contributed by atoms with Gasteiger partial charge in [0.25, 0.3) is 0 Å². The first-order valence-electron chi connectivity index (χ1n) is 9.98. The zero-order valence-corrected chi connectivity index (χ0v) is 17.3. The maximum absolute atomic E-state index is 12.9. The Labute approximate surface area is 165 Å². The van der Waals surface area contributed by atoms with E-state index in [1.165, 1.54) is 30.7 Å².